The van der Waals surface area contributed by atoms with E-state index in [9.17, 15) is 19.2 Å². The highest BCUT2D eigenvalue weighted by Gasteiger charge is 2.22. The standard InChI is InChI=1S/C17H19N3O5/c1-12(16(23)24)18(2)15(22)11-20-14(21)8-9-19(17(20)25)10-13-6-4-3-5-7-13/h3-9,12H,10-11H2,1-2H3,(H,23,24). The fourth-order valence-corrected chi connectivity index (χ4v) is 2.23. The first kappa shape index (κ1) is 18.2. The molecule has 0 spiro atoms. The van der Waals surface area contributed by atoms with Crippen molar-refractivity contribution in [3.63, 3.8) is 0 Å². The molecule has 8 heteroatoms. The van der Waals surface area contributed by atoms with E-state index < -0.39 is 35.7 Å². The van der Waals surface area contributed by atoms with E-state index in [1.807, 2.05) is 30.3 Å². The van der Waals surface area contributed by atoms with Gasteiger partial charge in [0.25, 0.3) is 5.56 Å². The lowest BCUT2D eigenvalue weighted by atomic mass is 10.2. The van der Waals surface area contributed by atoms with Crippen molar-refractivity contribution in [2.45, 2.75) is 26.1 Å². The SMILES string of the molecule is CC(C(=O)O)N(C)C(=O)Cn1c(=O)ccn(Cc2ccccc2)c1=O. The van der Waals surface area contributed by atoms with Gasteiger partial charge in [-0.3, -0.25) is 18.7 Å². The van der Waals surface area contributed by atoms with Crippen LogP contribution in [0.2, 0.25) is 0 Å². The van der Waals surface area contributed by atoms with Crippen LogP contribution in [0.1, 0.15) is 12.5 Å². The van der Waals surface area contributed by atoms with Gasteiger partial charge in [-0.25, -0.2) is 9.59 Å². The van der Waals surface area contributed by atoms with Crippen LogP contribution >= 0.6 is 0 Å². The third-order valence-corrected chi connectivity index (χ3v) is 3.96. The summed E-state index contributed by atoms with van der Waals surface area (Å²) in [4.78, 5) is 48.6. The number of hydrogen-bond acceptors (Lipinski definition) is 4. The number of carbonyl (C=O) groups is 2. The lowest BCUT2D eigenvalue weighted by Crippen LogP contribution is -2.47. The summed E-state index contributed by atoms with van der Waals surface area (Å²) in [5.41, 5.74) is -0.363. The van der Waals surface area contributed by atoms with Gasteiger partial charge in [0.2, 0.25) is 5.91 Å². The molecule has 0 radical (unpaired) electrons. The molecule has 0 aliphatic carbocycles. The van der Waals surface area contributed by atoms with E-state index in [0.717, 1.165) is 15.0 Å². The molecule has 2 aromatic rings. The van der Waals surface area contributed by atoms with E-state index in [2.05, 4.69) is 0 Å². The van der Waals surface area contributed by atoms with E-state index in [4.69, 9.17) is 5.11 Å². The zero-order chi connectivity index (χ0) is 18.6. The predicted molar refractivity (Wildman–Crippen MR) is 90.4 cm³/mol. The second kappa shape index (κ2) is 7.61. The van der Waals surface area contributed by atoms with Crippen LogP contribution in [-0.4, -0.2) is 44.1 Å². The second-order valence-electron chi connectivity index (χ2n) is 5.66. The summed E-state index contributed by atoms with van der Waals surface area (Å²) >= 11 is 0. The van der Waals surface area contributed by atoms with Gasteiger partial charge >= 0.3 is 11.7 Å². The van der Waals surface area contributed by atoms with Gasteiger partial charge < -0.3 is 10.0 Å². The molecular formula is C17H19N3O5. The third-order valence-electron chi connectivity index (χ3n) is 3.96. The number of carboxylic acids is 1. The summed E-state index contributed by atoms with van der Waals surface area (Å²) in [5.74, 6) is -1.80. The summed E-state index contributed by atoms with van der Waals surface area (Å²) < 4.78 is 2.13. The summed E-state index contributed by atoms with van der Waals surface area (Å²) in [5, 5.41) is 8.96. The van der Waals surface area contributed by atoms with Gasteiger partial charge in [0.05, 0.1) is 6.54 Å². The molecule has 1 aromatic heterocycles. The number of amides is 1. The molecule has 0 fully saturated rings. The predicted octanol–water partition coefficient (Wildman–Crippen LogP) is -0.0102. The smallest absolute Gasteiger partial charge is 0.331 e. The minimum Gasteiger partial charge on any atom is -0.480 e. The largest absolute Gasteiger partial charge is 0.480 e. The Morgan fingerprint density at radius 2 is 1.80 bits per heavy atom. The van der Waals surface area contributed by atoms with Crippen molar-refractivity contribution in [2.75, 3.05) is 7.05 Å². The fourth-order valence-electron chi connectivity index (χ4n) is 2.23. The maximum atomic E-state index is 12.5. The summed E-state index contributed by atoms with van der Waals surface area (Å²) in [6.45, 7) is 1.10. The molecule has 1 unspecified atom stereocenters. The lowest BCUT2D eigenvalue weighted by molar-refractivity contribution is -0.148. The molecule has 8 nitrogen and oxygen atoms in total. The van der Waals surface area contributed by atoms with Crippen LogP contribution in [0.3, 0.4) is 0 Å². The Hall–Kier alpha value is -3.16. The molecule has 1 aromatic carbocycles. The first-order valence-corrected chi connectivity index (χ1v) is 7.64. The number of hydrogen-bond donors (Lipinski definition) is 1. The highest BCUT2D eigenvalue weighted by molar-refractivity contribution is 5.82. The molecule has 2 rings (SSSR count). The van der Waals surface area contributed by atoms with Gasteiger partial charge in [-0.1, -0.05) is 30.3 Å². The molecule has 0 bridgehead atoms. The quantitative estimate of drug-likeness (QED) is 0.793. The van der Waals surface area contributed by atoms with Gasteiger partial charge in [-0.05, 0) is 12.5 Å². The zero-order valence-electron chi connectivity index (χ0n) is 14.0. The second-order valence-corrected chi connectivity index (χ2v) is 5.66. The van der Waals surface area contributed by atoms with Crippen LogP contribution in [0.15, 0.2) is 52.2 Å². The average Bonchev–Trinajstić information content (AvgIpc) is 2.60. The Labute approximate surface area is 143 Å². The van der Waals surface area contributed by atoms with Gasteiger partial charge in [0, 0.05) is 19.3 Å². The van der Waals surface area contributed by atoms with Crippen molar-refractivity contribution >= 4 is 11.9 Å². The molecule has 132 valence electrons. The Morgan fingerprint density at radius 1 is 1.16 bits per heavy atom. The molecule has 0 aliphatic rings. The van der Waals surface area contributed by atoms with Crippen molar-refractivity contribution in [1.29, 1.82) is 0 Å². The van der Waals surface area contributed by atoms with Crippen molar-refractivity contribution in [3.8, 4) is 0 Å². The van der Waals surface area contributed by atoms with Crippen molar-refractivity contribution in [1.82, 2.24) is 14.0 Å². The topological polar surface area (TPSA) is 102 Å². The van der Waals surface area contributed by atoms with Crippen LogP contribution in [-0.2, 0) is 22.7 Å². The van der Waals surface area contributed by atoms with Gasteiger partial charge in [-0.15, -0.1) is 0 Å². The van der Waals surface area contributed by atoms with Crippen molar-refractivity contribution in [2.24, 2.45) is 0 Å². The number of rotatable bonds is 6. The van der Waals surface area contributed by atoms with Gasteiger partial charge in [-0.2, -0.15) is 0 Å². The number of likely N-dealkylation sites (N-methyl/N-ethyl adjacent to an activating group) is 1. The minimum absolute atomic E-state index is 0.259. The van der Waals surface area contributed by atoms with E-state index in [1.54, 1.807) is 0 Å². The average molecular weight is 345 g/mol. The molecule has 1 N–H and O–H groups in total. The van der Waals surface area contributed by atoms with Crippen molar-refractivity contribution < 1.29 is 14.7 Å². The molecule has 25 heavy (non-hydrogen) atoms. The Kier molecular flexibility index (Phi) is 5.53. The molecule has 1 heterocycles. The number of benzene rings is 1. The van der Waals surface area contributed by atoms with Crippen LogP contribution in [0.4, 0.5) is 0 Å². The molecule has 0 saturated carbocycles. The van der Waals surface area contributed by atoms with E-state index in [0.29, 0.717) is 0 Å². The normalized spacial score (nSPS) is 11.8. The lowest BCUT2D eigenvalue weighted by Gasteiger charge is -2.21. The fraction of sp³-hybridized carbons (Fsp3) is 0.294. The monoisotopic (exact) mass is 345 g/mol. The van der Waals surface area contributed by atoms with E-state index >= 15 is 0 Å². The number of nitrogens with zero attached hydrogens (tertiary/aromatic N) is 3. The van der Waals surface area contributed by atoms with Crippen LogP contribution in [0.25, 0.3) is 0 Å². The molecule has 0 aliphatic heterocycles. The number of aliphatic carboxylic acids is 1. The van der Waals surface area contributed by atoms with E-state index in [-0.39, 0.29) is 6.54 Å². The first-order valence-electron chi connectivity index (χ1n) is 7.64. The van der Waals surface area contributed by atoms with Crippen LogP contribution < -0.4 is 11.2 Å². The van der Waals surface area contributed by atoms with Gasteiger partial charge in [0.15, 0.2) is 0 Å². The Morgan fingerprint density at radius 3 is 2.40 bits per heavy atom. The number of carbonyl (C=O) groups excluding carboxylic acids is 1. The third kappa shape index (κ3) is 4.23. The highest BCUT2D eigenvalue weighted by atomic mass is 16.4. The van der Waals surface area contributed by atoms with Gasteiger partial charge in [0.1, 0.15) is 12.6 Å². The number of aromatic nitrogens is 2. The zero-order valence-corrected chi connectivity index (χ0v) is 14.0. The molecular weight excluding hydrogens is 326 g/mol. The van der Waals surface area contributed by atoms with Crippen molar-refractivity contribution in [3.05, 3.63) is 69.0 Å². The highest BCUT2D eigenvalue weighted by Crippen LogP contribution is 2.00. The number of carboxylic acid groups (broad SMARTS) is 1. The van der Waals surface area contributed by atoms with Crippen LogP contribution in [0.5, 0.6) is 0 Å². The Balaban J connectivity index is 2.28. The molecule has 0 saturated heterocycles. The summed E-state index contributed by atoms with van der Waals surface area (Å²) in [6.07, 6.45) is 1.38. The maximum absolute atomic E-state index is 12.5. The molecule has 1 amide bonds. The minimum atomic E-state index is -1.17. The molecule has 1 atom stereocenters. The summed E-state index contributed by atoms with van der Waals surface area (Å²) in [7, 11) is 1.32. The Bertz CT molecular complexity index is 885. The maximum Gasteiger partial charge on any atom is 0.331 e. The van der Waals surface area contributed by atoms with Crippen LogP contribution in [0, 0.1) is 0 Å². The first-order chi connectivity index (χ1) is 11.8. The van der Waals surface area contributed by atoms with E-state index in [1.165, 1.54) is 30.8 Å². The summed E-state index contributed by atoms with van der Waals surface area (Å²) in [6, 6.07) is 9.36.